The molecule has 0 saturated carbocycles. The van der Waals surface area contributed by atoms with Crippen LogP contribution < -0.4 is 15.4 Å². The molecule has 2 amide bonds. The molecule has 0 unspecified atom stereocenters. The van der Waals surface area contributed by atoms with Crippen LogP contribution in [0.25, 0.3) is 20.8 Å². The number of anilines is 2. The van der Waals surface area contributed by atoms with Crippen LogP contribution in [0.4, 0.5) is 16.2 Å². The molecule has 4 rings (SSSR count). The molecule has 2 N–H and O–H groups in total. The van der Waals surface area contributed by atoms with E-state index >= 15 is 0 Å². The van der Waals surface area contributed by atoms with Gasteiger partial charge in [-0.3, -0.25) is 0 Å². The SMILES string of the molecule is COc1ccccc1NC(=O)Nc1ccc(-c2nc3ccccc3s2)cc1C. The summed E-state index contributed by atoms with van der Waals surface area (Å²) >= 11 is 1.66. The van der Waals surface area contributed by atoms with Crippen LogP contribution in [0.5, 0.6) is 5.75 Å². The molecule has 0 aliphatic carbocycles. The van der Waals surface area contributed by atoms with Gasteiger partial charge in [0.05, 0.1) is 23.0 Å². The van der Waals surface area contributed by atoms with Crippen LogP contribution in [0.15, 0.2) is 66.7 Å². The van der Waals surface area contributed by atoms with Crippen LogP contribution >= 0.6 is 11.3 Å². The van der Waals surface area contributed by atoms with Crippen LogP contribution in [0.1, 0.15) is 5.56 Å². The summed E-state index contributed by atoms with van der Waals surface area (Å²) in [6, 6.07) is 21.0. The van der Waals surface area contributed by atoms with Crippen molar-refractivity contribution in [1.29, 1.82) is 0 Å². The molecule has 0 radical (unpaired) electrons. The zero-order chi connectivity index (χ0) is 19.5. The Hall–Kier alpha value is -3.38. The lowest BCUT2D eigenvalue weighted by Crippen LogP contribution is -2.20. The predicted molar refractivity (Wildman–Crippen MR) is 115 cm³/mol. The average Bonchev–Trinajstić information content (AvgIpc) is 3.14. The van der Waals surface area contributed by atoms with E-state index in [4.69, 9.17) is 9.72 Å². The highest BCUT2D eigenvalue weighted by Crippen LogP contribution is 2.32. The number of nitrogens with zero attached hydrogens (tertiary/aromatic N) is 1. The van der Waals surface area contributed by atoms with Gasteiger partial charge in [0.15, 0.2) is 0 Å². The molecule has 0 spiro atoms. The molecule has 4 aromatic rings. The van der Waals surface area contributed by atoms with Crippen molar-refractivity contribution >= 4 is 39.0 Å². The maximum absolute atomic E-state index is 12.4. The summed E-state index contributed by atoms with van der Waals surface area (Å²) < 4.78 is 6.42. The molecule has 0 aliphatic heterocycles. The summed E-state index contributed by atoms with van der Waals surface area (Å²) in [5.41, 5.74) is 4.36. The number of carbonyl (C=O) groups excluding carboxylic acids is 1. The maximum atomic E-state index is 12.4. The highest BCUT2D eigenvalue weighted by atomic mass is 32.1. The van der Waals surface area contributed by atoms with Gasteiger partial charge in [0.25, 0.3) is 0 Å². The second-order valence-corrected chi connectivity index (χ2v) is 7.33. The van der Waals surface area contributed by atoms with Crippen molar-refractivity contribution in [2.45, 2.75) is 6.92 Å². The fourth-order valence-electron chi connectivity index (χ4n) is 2.96. The number of hydrogen-bond acceptors (Lipinski definition) is 4. The molecule has 3 aromatic carbocycles. The predicted octanol–water partition coefficient (Wildman–Crippen LogP) is 5.92. The first kappa shape index (κ1) is 18.0. The molecule has 0 saturated heterocycles. The first-order valence-corrected chi connectivity index (χ1v) is 9.63. The van der Waals surface area contributed by atoms with Crippen molar-refractivity contribution in [3.05, 3.63) is 72.3 Å². The lowest BCUT2D eigenvalue weighted by Gasteiger charge is -2.12. The van der Waals surface area contributed by atoms with Gasteiger partial charge in [-0.2, -0.15) is 0 Å². The zero-order valence-corrected chi connectivity index (χ0v) is 16.3. The van der Waals surface area contributed by atoms with E-state index in [0.29, 0.717) is 11.4 Å². The Morgan fingerprint density at radius 3 is 2.50 bits per heavy atom. The summed E-state index contributed by atoms with van der Waals surface area (Å²) in [7, 11) is 1.57. The van der Waals surface area contributed by atoms with Crippen molar-refractivity contribution in [3.8, 4) is 16.3 Å². The number of nitrogens with one attached hydrogen (secondary N) is 2. The summed E-state index contributed by atoms with van der Waals surface area (Å²) in [4.78, 5) is 17.1. The fraction of sp³-hybridized carbons (Fsp3) is 0.0909. The highest BCUT2D eigenvalue weighted by Gasteiger charge is 2.11. The largest absolute Gasteiger partial charge is 0.495 e. The van der Waals surface area contributed by atoms with E-state index in [1.54, 1.807) is 30.6 Å². The number of rotatable bonds is 4. The van der Waals surface area contributed by atoms with Gasteiger partial charge >= 0.3 is 6.03 Å². The monoisotopic (exact) mass is 389 g/mol. The molecule has 0 atom stereocenters. The second-order valence-electron chi connectivity index (χ2n) is 6.30. The number of carbonyl (C=O) groups is 1. The van der Waals surface area contributed by atoms with Gasteiger partial charge in [-0.15, -0.1) is 11.3 Å². The van der Waals surface area contributed by atoms with E-state index in [1.807, 2.05) is 55.5 Å². The van der Waals surface area contributed by atoms with Gasteiger partial charge in [0.2, 0.25) is 0 Å². The summed E-state index contributed by atoms with van der Waals surface area (Å²) in [6.07, 6.45) is 0. The number of urea groups is 1. The number of fused-ring (bicyclic) bond motifs is 1. The van der Waals surface area contributed by atoms with E-state index in [-0.39, 0.29) is 6.03 Å². The molecule has 5 nitrogen and oxygen atoms in total. The minimum absolute atomic E-state index is 0.319. The van der Waals surface area contributed by atoms with Crippen molar-refractivity contribution in [2.24, 2.45) is 0 Å². The highest BCUT2D eigenvalue weighted by molar-refractivity contribution is 7.21. The second kappa shape index (κ2) is 7.70. The van der Waals surface area contributed by atoms with Crippen molar-refractivity contribution in [3.63, 3.8) is 0 Å². The van der Waals surface area contributed by atoms with Gasteiger partial charge in [-0.05, 0) is 55.0 Å². The van der Waals surface area contributed by atoms with Crippen molar-refractivity contribution < 1.29 is 9.53 Å². The maximum Gasteiger partial charge on any atom is 0.323 e. The summed E-state index contributed by atoms with van der Waals surface area (Å²) in [5.74, 6) is 0.612. The lowest BCUT2D eigenvalue weighted by atomic mass is 10.1. The van der Waals surface area contributed by atoms with E-state index in [0.717, 1.165) is 32.0 Å². The number of aryl methyl sites for hydroxylation is 1. The Morgan fingerprint density at radius 2 is 1.71 bits per heavy atom. The fourth-order valence-corrected chi connectivity index (χ4v) is 3.92. The number of methoxy groups -OCH3 is 1. The number of para-hydroxylation sites is 3. The topological polar surface area (TPSA) is 63.2 Å². The minimum Gasteiger partial charge on any atom is -0.495 e. The molecule has 1 heterocycles. The van der Waals surface area contributed by atoms with Crippen molar-refractivity contribution in [2.75, 3.05) is 17.7 Å². The Morgan fingerprint density at radius 1 is 0.964 bits per heavy atom. The molecule has 1 aromatic heterocycles. The lowest BCUT2D eigenvalue weighted by molar-refractivity contribution is 0.262. The third-order valence-electron chi connectivity index (χ3n) is 4.37. The Kier molecular flexibility index (Phi) is 4.95. The van der Waals surface area contributed by atoms with E-state index in [1.165, 1.54) is 0 Å². The van der Waals surface area contributed by atoms with Crippen molar-refractivity contribution in [1.82, 2.24) is 4.98 Å². The zero-order valence-electron chi connectivity index (χ0n) is 15.5. The molecule has 0 bridgehead atoms. The average molecular weight is 389 g/mol. The van der Waals surface area contributed by atoms with Gasteiger partial charge in [-0.25, -0.2) is 9.78 Å². The normalized spacial score (nSPS) is 10.6. The van der Waals surface area contributed by atoms with Crippen LogP contribution in [-0.2, 0) is 0 Å². The number of ether oxygens (including phenoxy) is 1. The third kappa shape index (κ3) is 3.68. The number of hydrogen-bond donors (Lipinski definition) is 2. The van der Waals surface area contributed by atoms with Gasteiger partial charge in [-0.1, -0.05) is 24.3 Å². The van der Waals surface area contributed by atoms with Crippen LogP contribution in [0.2, 0.25) is 0 Å². The first-order valence-electron chi connectivity index (χ1n) is 8.81. The van der Waals surface area contributed by atoms with Gasteiger partial charge in [0.1, 0.15) is 10.8 Å². The van der Waals surface area contributed by atoms with Gasteiger partial charge in [0, 0.05) is 11.3 Å². The number of benzene rings is 3. The first-order chi connectivity index (χ1) is 13.6. The standard InChI is InChI=1S/C22H19N3O2S/c1-14-13-15(21-23-18-8-4-6-10-20(18)28-21)11-12-16(14)24-22(26)25-17-7-3-5-9-19(17)27-2/h3-13H,1-2H3,(H2,24,25,26). The minimum atomic E-state index is -0.319. The number of aromatic nitrogens is 1. The Bertz CT molecular complexity index is 1120. The molecule has 28 heavy (non-hydrogen) atoms. The van der Waals surface area contributed by atoms with Crippen LogP contribution in [-0.4, -0.2) is 18.1 Å². The smallest absolute Gasteiger partial charge is 0.323 e. The van der Waals surface area contributed by atoms with E-state index in [9.17, 15) is 4.79 Å². The molecule has 0 fully saturated rings. The van der Waals surface area contributed by atoms with E-state index in [2.05, 4.69) is 16.7 Å². The quantitative estimate of drug-likeness (QED) is 0.455. The summed E-state index contributed by atoms with van der Waals surface area (Å²) in [5, 5.41) is 6.68. The Labute approximate surface area is 167 Å². The third-order valence-corrected chi connectivity index (χ3v) is 5.46. The Balaban J connectivity index is 1.52. The van der Waals surface area contributed by atoms with Crippen LogP contribution in [0.3, 0.4) is 0 Å². The van der Waals surface area contributed by atoms with Gasteiger partial charge < -0.3 is 15.4 Å². The molecular weight excluding hydrogens is 370 g/mol. The number of amides is 2. The molecule has 140 valence electrons. The number of thiazole rings is 1. The molecular formula is C22H19N3O2S. The van der Waals surface area contributed by atoms with Crippen LogP contribution in [0, 0.1) is 6.92 Å². The molecule has 0 aliphatic rings. The molecule has 6 heteroatoms. The summed E-state index contributed by atoms with van der Waals surface area (Å²) in [6.45, 7) is 1.97. The van der Waals surface area contributed by atoms with E-state index < -0.39 is 0 Å².